The van der Waals surface area contributed by atoms with E-state index in [0.29, 0.717) is 23.2 Å². The van der Waals surface area contributed by atoms with Gasteiger partial charge in [-0.05, 0) is 45.8 Å². The van der Waals surface area contributed by atoms with Gasteiger partial charge in [0.1, 0.15) is 16.5 Å². The van der Waals surface area contributed by atoms with E-state index in [0.717, 1.165) is 15.8 Å². The van der Waals surface area contributed by atoms with Crippen molar-refractivity contribution in [1.82, 2.24) is 4.98 Å². The molecule has 0 amide bonds. The van der Waals surface area contributed by atoms with Gasteiger partial charge < -0.3 is 15.2 Å². The SMILES string of the molecule is COc1ccc(Oc2ncc(CN)cc2Cl)c(Br)c1. The van der Waals surface area contributed by atoms with Crippen LogP contribution in [-0.4, -0.2) is 12.1 Å². The zero-order chi connectivity index (χ0) is 13.8. The van der Waals surface area contributed by atoms with Crippen LogP contribution in [0.5, 0.6) is 17.4 Å². The van der Waals surface area contributed by atoms with Crippen LogP contribution in [0.2, 0.25) is 5.02 Å². The van der Waals surface area contributed by atoms with E-state index < -0.39 is 0 Å². The van der Waals surface area contributed by atoms with Crippen molar-refractivity contribution in [1.29, 1.82) is 0 Å². The van der Waals surface area contributed by atoms with Gasteiger partial charge in [-0.1, -0.05) is 11.6 Å². The average Bonchev–Trinajstić information content (AvgIpc) is 2.42. The monoisotopic (exact) mass is 342 g/mol. The second-order valence-corrected chi connectivity index (χ2v) is 4.99. The molecule has 0 bridgehead atoms. The molecule has 0 spiro atoms. The van der Waals surface area contributed by atoms with Gasteiger partial charge in [-0.25, -0.2) is 4.98 Å². The van der Waals surface area contributed by atoms with Crippen molar-refractivity contribution in [2.45, 2.75) is 6.54 Å². The summed E-state index contributed by atoms with van der Waals surface area (Å²) in [4.78, 5) is 4.14. The number of halogens is 2. The molecule has 0 atom stereocenters. The fourth-order valence-electron chi connectivity index (χ4n) is 1.45. The molecule has 0 aliphatic carbocycles. The van der Waals surface area contributed by atoms with Crippen LogP contribution >= 0.6 is 27.5 Å². The fraction of sp³-hybridized carbons (Fsp3) is 0.154. The van der Waals surface area contributed by atoms with E-state index in [1.807, 2.05) is 0 Å². The van der Waals surface area contributed by atoms with E-state index in [4.69, 9.17) is 26.8 Å². The van der Waals surface area contributed by atoms with Gasteiger partial charge in [0.05, 0.1) is 11.6 Å². The fourth-order valence-corrected chi connectivity index (χ4v) is 2.11. The first-order valence-corrected chi connectivity index (χ1v) is 6.67. The van der Waals surface area contributed by atoms with Gasteiger partial charge in [-0.3, -0.25) is 0 Å². The molecule has 1 heterocycles. The standard InChI is InChI=1S/C13H12BrClN2O2/c1-18-9-2-3-12(10(14)5-9)19-13-11(15)4-8(6-16)7-17-13/h2-5,7H,6,16H2,1H3. The Labute approximate surface area is 124 Å². The lowest BCUT2D eigenvalue weighted by Gasteiger charge is -2.10. The number of pyridine rings is 1. The van der Waals surface area contributed by atoms with E-state index in [1.165, 1.54) is 0 Å². The quantitative estimate of drug-likeness (QED) is 0.918. The number of hydrogen-bond donors (Lipinski definition) is 1. The Hall–Kier alpha value is -1.30. The number of ether oxygens (including phenoxy) is 2. The molecule has 4 nitrogen and oxygen atoms in total. The Kier molecular flexibility index (Phi) is 4.63. The first kappa shape index (κ1) is 14.1. The van der Waals surface area contributed by atoms with E-state index in [-0.39, 0.29) is 0 Å². The maximum absolute atomic E-state index is 6.09. The molecule has 0 saturated heterocycles. The molecule has 6 heteroatoms. The van der Waals surface area contributed by atoms with Crippen molar-refractivity contribution in [3.05, 3.63) is 45.5 Å². The topological polar surface area (TPSA) is 57.4 Å². The van der Waals surface area contributed by atoms with Crippen molar-refractivity contribution in [2.24, 2.45) is 5.73 Å². The molecular formula is C13H12BrClN2O2. The molecule has 2 N–H and O–H groups in total. The predicted molar refractivity (Wildman–Crippen MR) is 77.9 cm³/mol. The number of benzene rings is 1. The van der Waals surface area contributed by atoms with Crippen LogP contribution in [-0.2, 0) is 6.54 Å². The number of rotatable bonds is 4. The second-order valence-electron chi connectivity index (χ2n) is 3.73. The third-order valence-corrected chi connectivity index (χ3v) is 3.34. The Balaban J connectivity index is 2.26. The Morgan fingerprint density at radius 3 is 2.74 bits per heavy atom. The summed E-state index contributed by atoms with van der Waals surface area (Å²) in [6.07, 6.45) is 1.64. The number of nitrogens with two attached hydrogens (primary N) is 1. The van der Waals surface area contributed by atoms with E-state index >= 15 is 0 Å². The highest BCUT2D eigenvalue weighted by atomic mass is 79.9. The molecule has 1 aromatic heterocycles. The summed E-state index contributed by atoms with van der Waals surface area (Å²) in [6, 6.07) is 7.11. The summed E-state index contributed by atoms with van der Waals surface area (Å²) in [5, 5.41) is 0.422. The van der Waals surface area contributed by atoms with Crippen molar-refractivity contribution in [3.63, 3.8) is 0 Å². The van der Waals surface area contributed by atoms with Crippen LogP contribution in [0, 0.1) is 0 Å². The van der Waals surface area contributed by atoms with Crippen LogP contribution in [0.3, 0.4) is 0 Å². The largest absolute Gasteiger partial charge is 0.497 e. The third-order valence-electron chi connectivity index (χ3n) is 2.45. The maximum atomic E-state index is 6.09. The Bertz CT molecular complexity index is 541. The molecule has 100 valence electrons. The van der Waals surface area contributed by atoms with Crippen molar-refractivity contribution < 1.29 is 9.47 Å². The van der Waals surface area contributed by atoms with E-state index in [2.05, 4.69) is 20.9 Å². The van der Waals surface area contributed by atoms with Gasteiger partial charge in [0.25, 0.3) is 0 Å². The lowest BCUT2D eigenvalue weighted by Crippen LogP contribution is -1.98. The van der Waals surface area contributed by atoms with Crippen LogP contribution < -0.4 is 15.2 Å². The molecule has 0 radical (unpaired) electrons. The van der Waals surface area contributed by atoms with Crippen LogP contribution in [0.15, 0.2) is 34.9 Å². The molecule has 0 saturated carbocycles. The minimum Gasteiger partial charge on any atom is -0.497 e. The first-order chi connectivity index (χ1) is 9.13. The molecule has 0 aliphatic heterocycles. The van der Waals surface area contributed by atoms with Crippen molar-refractivity contribution in [2.75, 3.05) is 7.11 Å². The number of hydrogen-bond acceptors (Lipinski definition) is 4. The highest BCUT2D eigenvalue weighted by Crippen LogP contribution is 2.34. The normalized spacial score (nSPS) is 10.3. The minimum atomic E-state index is 0.338. The molecular weight excluding hydrogens is 332 g/mol. The predicted octanol–water partition coefficient (Wildman–Crippen LogP) is 3.76. The van der Waals surface area contributed by atoms with Crippen LogP contribution in [0.1, 0.15) is 5.56 Å². The Morgan fingerprint density at radius 1 is 1.37 bits per heavy atom. The summed E-state index contributed by atoms with van der Waals surface area (Å²) in [5.41, 5.74) is 6.37. The Morgan fingerprint density at radius 2 is 2.16 bits per heavy atom. The van der Waals surface area contributed by atoms with Crippen molar-refractivity contribution in [3.8, 4) is 17.4 Å². The minimum absolute atomic E-state index is 0.338. The average molecular weight is 344 g/mol. The zero-order valence-corrected chi connectivity index (χ0v) is 12.5. The van der Waals surface area contributed by atoms with Crippen molar-refractivity contribution >= 4 is 27.5 Å². The summed E-state index contributed by atoms with van der Waals surface area (Å²) in [7, 11) is 1.60. The maximum Gasteiger partial charge on any atom is 0.238 e. The van der Waals surface area contributed by atoms with Gasteiger partial charge >= 0.3 is 0 Å². The third kappa shape index (κ3) is 3.37. The summed E-state index contributed by atoms with van der Waals surface area (Å²) in [5.74, 6) is 1.68. The molecule has 0 unspecified atom stereocenters. The summed E-state index contributed by atoms with van der Waals surface area (Å²) < 4.78 is 11.5. The van der Waals surface area contributed by atoms with Crippen LogP contribution in [0.25, 0.3) is 0 Å². The van der Waals surface area contributed by atoms with Gasteiger partial charge in [-0.15, -0.1) is 0 Å². The molecule has 0 fully saturated rings. The smallest absolute Gasteiger partial charge is 0.238 e. The lowest BCUT2D eigenvalue weighted by atomic mass is 10.3. The summed E-state index contributed by atoms with van der Waals surface area (Å²) >= 11 is 9.49. The van der Waals surface area contributed by atoms with Crippen LogP contribution in [0.4, 0.5) is 0 Å². The highest BCUT2D eigenvalue weighted by molar-refractivity contribution is 9.10. The van der Waals surface area contributed by atoms with E-state index in [9.17, 15) is 0 Å². The highest BCUT2D eigenvalue weighted by Gasteiger charge is 2.09. The van der Waals surface area contributed by atoms with Gasteiger partial charge in [0, 0.05) is 12.7 Å². The molecule has 1 aromatic carbocycles. The molecule has 0 aliphatic rings. The van der Waals surface area contributed by atoms with Gasteiger partial charge in [0.2, 0.25) is 5.88 Å². The number of aromatic nitrogens is 1. The summed E-state index contributed by atoms with van der Waals surface area (Å²) in [6.45, 7) is 0.388. The zero-order valence-electron chi connectivity index (χ0n) is 10.2. The number of methoxy groups -OCH3 is 1. The van der Waals surface area contributed by atoms with E-state index in [1.54, 1.807) is 37.6 Å². The lowest BCUT2D eigenvalue weighted by molar-refractivity contribution is 0.411. The molecule has 2 aromatic rings. The second kappa shape index (κ2) is 6.23. The number of nitrogens with zero attached hydrogens (tertiary/aromatic N) is 1. The first-order valence-electron chi connectivity index (χ1n) is 5.50. The van der Waals surface area contributed by atoms with Gasteiger partial charge in [-0.2, -0.15) is 0 Å². The molecule has 19 heavy (non-hydrogen) atoms. The van der Waals surface area contributed by atoms with Gasteiger partial charge in [0.15, 0.2) is 0 Å². The molecule has 2 rings (SSSR count).